The van der Waals surface area contributed by atoms with Crippen molar-refractivity contribution in [2.75, 3.05) is 13.1 Å². The molecule has 1 aliphatic heterocycles. The third-order valence-corrected chi connectivity index (χ3v) is 4.19. The highest BCUT2D eigenvalue weighted by atomic mass is 32.1. The van der Waals surface area contributed by atoms with Gasteiger partial charge in [0.25, 0.3) is 0 Å². The Kier molecular flexibility index (Phi) is 3.29. The largest absolute Gasteiger partial charge is 0.393 e. The minimum Gasteiger partial charge on any atom is -0.392 e. The molecule has 1 amide bonds. The molecule has 2 N–H and O–H groups in total. The molecule has 0 bridgehead atoms. The first kappa shape index (κ1) is 13.6. The number of thiocarbonyl (C=S) groups is 1. The summed E-state index contributed by atoms with van der Waals surface area (Å²) in [4.78, 5) is 13.6. The second-order valence-corrected chi connectivity index (χ2v) is 5.52. The van der Waals surface area contributed by atoms with E-state index < -0.39 is 17.5 Å². The van der Waals surface area contributed by atoms with E-state index in [2.05, 4.69) is 0 Å². The lowest BCUT2D eigenvalue weighted by Crippen LogP contribution is -2.49. The summed E-state index contributed by atoms with van der Waals surface area (Å²) in [5.41, 5.74) is 4.68. The van der Waals surface area contributed by atoms with Crippen molar-refractivity contribution in [3.05, 3.63) is 0 Å². The summed E-state index contributed by atoms with van der Waals surface area (Å²) in [6.45, 7) is 0.114. The molecule has 0 aromatic heterocycles. The van der Waals surface area contributed by atoms with E-state index in [1.54, 1.807) is 0 Å². The summed E-state index contributed by atoms with van der Waals surface area (Å²) in [5, 5.41) is 0. The van der Waals surface area contributed by atoms with Crippen LogP contribution in [0.3, 0.4) is 0 Å². The summed E-state index contributed by atoms with van der Waals surface area (Å²) < 4.78 is 38.0. The highest BCUT2D eigenvalue weighted by molar-refractivity contribution is 7.80. The average molecular weight is 280 g/mol. The van der Waals surface area contributed by atoms with E-state index in [0.29, 0.717) is 25.8 Å². The lowest BCUT2D eigenvalue weighted by Gasteiger charge is -2.35. The fraction of sp³-hybridized carbons (Fsp3) is 0.818. The van der Waals surface area contributed by atoms with Gasteiger partial charge in [-0.25, -0.2) is 0 Å². The Morgan fingerprint density at radius 2 is 2.00 bits per heavy atom. The van der Waals surface area contributed by atoms with Crippen molar-refractivity contribution >= 4 is 23.1 Å². The molecule has 7 heteroatoms. The summed E-state index contributed by atoms with van der Waals surface area (Å²) in [6, 6.07) is 0. The molecule has 0 spiro atoms. The van der Waals surface area contributed by atoms with Crippen molar-refractivity contribution in [2.45, 2.75) is 31.9 Å². The molecule has 0 aromatic carbocycles. The molecule has 1 heterocycles. The SMILES string of the molecule is NC(=S)C1(C(=O)N2CCCC(C(F)(F)F)C2)CC1. The topological polar surface area (TPSA) is 46.3 Å². The van der Waals surface area contributed by atoms with Crippen molar-refractivity contribution in [3.63, 3.8) is 0 Å². The van der Waals surface area contributed by atoms with Gasteiger partial charge < -0.3 is 10.6 Å². The van der Waals surface area contributed by atoms with Crippen LogP contribution in [0.25, 0.3) is 0 Å². The first-order valence-corrected chi connectivity index (χ1v) is 6.34. The van der Waals surface area contributed by atoms with E-state index in [9.17, 15) is 18.0 Å². The Hall–Kier alpha value is -0.850. The second kappa shape index (κ2) is 4.36. The number of alkyl halides is 3. The molecule has 0 radical (unpaired) electrons. The van der Waals surface area contributed by atoms with E-state index in [0.717, 1.165) is 0 Å². The lowest BCUT2D eigenvalue weighted by molar-refractivity contribution is -0.188. The number of nitrogens with zero attached hydrogens (tertiary/aromatic N) is 1. The monoisotopic (exact) mass is 280 g/mol. The zero-order chi connectivity index (χ0) is 13.6. The molecule has 2 aliphatic rings. The van der Waals surface area contributed by atoms with Gasteiger partial charge in [-0.2, -0.15) is 13.2 Å². The summed E-state index contributed by atoms with van der Waals surface area (Å²) in [6.07, 6.45) is -2.64. The standard InChI is InChI=1S/C11H15F3N2OS/c12-11(13,14)7-2-1-5-16(6-7)9(17)10(3-4-10)8(15)18/h7H,1-6H2,(H2,15,18). The maximum Gasteiger partial charge on any atom is 0.393 e. The molecule has 2 rings (SSSR count). The fourth-order valence-electron chi connectivity index (χ4n) is 2.42. The van der Waals surface area contributed by atoms with E-state index in [4.69, 9.17) is 18.0 Å². The van der Waals surface area contributed by atoms with Gasteiger partial charge in [0.15, 0.2) is 0 Å². The van der Waals surface area contributed by atoms with Crippen molar-refractivity contribution in [1.29, 1.82) is 0 Å². The van der Waals surface area contributed by atoms with Crippen LogP contribution in [0.5, 0.6) is 0 Å². The quantitative estimate of drug-likeness (QED) is 0.785. The van der Waals surface area contributed by atoms with Crippen molar-refractivity contribution in [3.8, 4) is 0 Å². The van der Waals surface area contributed by atoms with Gasteiger partial charge in [0, 0.05) is 13.1 Å². The van der Waals surface area contributed by atoms with Crippen molar-refractivity contribution in [1.82, 2.24) is 4.90 Å². The number of rotatable bonds is 2. The van der Waals surface area contributed by atoms with Gasteiger partial charge in [0.2, 0.25) is 5.91 Å². The predicted octanol–water partition coefficient (Wildman–Crippen LogP) is 1.85. The summed E-state index contributed by atoms with van der Waals surface area (Å²) in [7, 11) is 0. The van der Waals surface area contributed by atoms with Gasteiger partial charge >= 0.3 is 6.18 Å². The van der Waals surface area contributed by atoms with Gasteiger partial charge in [-0.15, -0.1) is 0 Å². The molecule has 0 aromatic rings. The molecule has 1 aliphatic carbocycles. The maximum absolute atomic E-state index is 12.7. The molecule has 102 valence electrons. The predicted molar refractivity (Wildman–Crippen MR) is 63.8 cm³/mol. The third kappa shape index (κ3) is 2.32. The Balaban J connectivity index is 2.06. The number of nitrogens with two attached hydrogens (primary N) is 1. The van der Waals surface area contributed by atoms with Crippen LogP contribution in [-0.2, 0) is 4.79 Å². The van der Waals surface area contributed by atoms with Gasteiger partial charge in [0.05, 0.1) is 16.3 Å². The summed E-state index contributed by atoms with van der Waals surface area (Å²) >= 11 is 4.85. The second-order valence-electron chi connectivity index (χ2n) is 5.08. The Labute approximate surface area is 108 Å². The number of amides is 1. The molecule has 1 atom stereocenters. The van der Waals surface area contributed by atoms with Crippen molar-refractivity contribution < 1.29 is 18.0 Å². The lowest BCUT2D eigenvalue weighted by atomic mass is 9.95. The molecule has 1 unspecified atom stereocenters. The van der Waals surface area contributed by atoms with E-state index in [1.165, 1.54) is 4.90 Å². The minimum absolute atomic E-state index is 0.0906. The molecule has 18 heavy (non-hydrogen) atoms. The zero-order valence-corrected chi connectivity index (χ0v) is 10.6. The molecule has 1 saturated carbocycles. The third-order valence-electron chi connectivity index (χ3n) is 3.80. The van der Waals surface area contributed by atoms with Crippen LogP contribution in [0, 0.1) is 11.3 Å². The van der Waals surface area contributed by atoms with Gasteiger partial charge in [-0.1, -0.05) is 12.2 Å². The number of hydrogen-bond acceptors (Lipinski definition) is 2. The van der Waals surface area contributed by atoms with E-state index >= 15 is 0 Å². The number of carbonyl (C=O) groups excluding carboxylic acids is 1. The molecule has 1 saturated heterocycles. The van der Waals surface area contributed by atoms with Crippen LogP contribution in [0.4, 0.5) is 13.2 Å². The van der Waals surface area contributed by atoms with Crippen LogP contribution in [0.15, 0.2) is 0 Å². The number of carbonyl (C=O) groups is 1. The van der Waals surface area contributed by atoms with Crippen LogP contribution in [0.1, 0.15) is 25.7 Å². The molecular weight excluding hydrogens is 265 g/mol. The van der Waals surface area contributed by atoms with E-state index in [-0.39, 0.29) is 23.9 Å². The first-order chi connectivity index (χ1) is 8.27. The number of halogens is 3. The smallest absolute Gasteiger partial charge is 0.392 e. The molecule has 3 nitrogen and oxygen atoms in total. The maximum atomic E-state index is 12.7. The molecule has 2 fully saturated rings. The Bertz CT molecular complexity index is 379. The number of hydrogen-bond donors (Lipinski definition) is 1. The number of piperidine rings is 1. The van der Waals surface area contributed by atoms with Crippen LogP contribution < -0.4 is 5.73 Å². The highest BCUT2D eigenvalue weighted by Gasteiger charge is 2.55. The molecular formula is C11H15F3N2OS. The van der Waals surface area contributed by atoms with E-state index in [1.807, 2.05) is 0 Å². The van der Waals surface area contributed by atoms with Gasteiger partial charge in [0.1, 0.15) is 0 Å². The first-order valence-electron chi connectivity index (χ1n) is 5.93. The van der Waals surface area contributed by atoms with Gasteiger partial charge in [-0.05, 0) is 25.7 Å². The zero-order valence-electron chi connectivity index (χ0n) is 9.79. The van der Waals surface area contributed by atoms with Crippen LogP contribution >= 0.6 is 12.2 Å². The normalized spacial score (nSPS) is 26.8. The van der Waals surface area contributed by atoms with Gasteiger partial charge in [-0.3, -0.25) is 4.79 Å². The van der Waals surface area contributed by atoms with Crippen molar-refractivity contribution in [2.24, 2.45) is 17.1 Å². The fourth-order valence-corrected chi connectivity index (χ4v) is 2.71. The number of likely N-dealkylation sites (tertiary alicyclic amines) is 1. The van der Waals surface area contributed by atoms with Crippen LogP contribution in [0.2, 0.25) is 0 Å². The highest BCUT2D eigenvalue weighted by Crippen LogP contribution is 2.48. The Morgan fingerprint density at radius 3 is 2.44 bits per heavy atom. The summed E-state index contributed by atoms with van der Waals surface area (Å²) in [5.74, 6) is -1.73. The Morgan fingerprint density at radius 1 is 1.39 bits per heavy atom. The van der Waals surface area contributed by atoms with Crippen LogP contribution in [-0.4, -0.2) is 35.1 Å². The average Bonchev–Trinajstić information content (AvgIpc) is 3.08. The minimum atomic E-state index is -4.24.